The molecule has 6 rings (SSSR count). The van der Waals surface area contributed by atoms with Crippen molar-refractivity contribution in [2.24, 2.45) is 0 Å². The summed E-state index contributed by atoms with van der Waals surface area (Å²) in [5.41, 5.74) is -0.835. The maximum Gasteiger partial charge on any atom is 0.484 e. The summed E-state index contributed by atoms with van der Waals surface area (Å²) in [7, 11) is 0. The minimum absolute atomic E-state index is 0.151. The van der Waals surface area contributed by atoms with Gasteiger partial charge < -0.3 is 18.9 Å². The SMILES string of the molecule is CCCc1cc2ccc(C34COC(C(F)(F)Oc5cc(F)c(F)c(F)c5)(OC3)OC4)c(Cl)c2c(F)c1F. The summed E-state index contributed by atoms with van der Waals surface area (Å²) in [6.07, 6.45) is -3.51. The summed E-state index contributed by atoms with van der Waals surface area (Å²) in [4.78, 5) is 0. The monoisotopic (exact) mass is 550 g/mol. The zero-order chi connectivity index (χ0) is 26.8. The molecule has 0 N–H and O–H groups in total. The zero-order valence-electron chi connectivity index (χ0n) is 19.1. The number of benzene rings is 3. The molecular formula is C25H18ClF7O4. The number of fused-ring (bicyclic) bond motifs is 4. The Bertz CT molecular complexity index is 1350. The van der Waals surface area contributed by atoms with Crippen LogP contribution in [0.15, 0.2) is 30.3 Å². The van der Waals surface area contributed by atoms with E-state index in [0.29, 0.717) is 18.2 Å². The fourth-order valence-corrected chi connectivity index (χ4v) is 4.99. The van der Waals surface area contributed by atoms with E-state index in [1.54, 1.807) is 0 Å². The number of hydrogen-bond donors (Lipinski definition) is 0. The molecule has 3 fully saturated rings. The number of ether oxygens (including phenoxy) is 4. The fraction of sp³-hybridized carbons (Fsp3) is 0.360. The lowest BCUT2D eigenvalue weighted by atomic mass is 9.80. The first kappa shape index (κ1) is 26.0. The molecule has 0 saturated carbocycles. The molecule has 3 aliphatic heterocycles. The van der Waals surface area contributed by atoms with Crippen LogP contribution < -0.4 is 4.74 Å². The molecule has 3 aliphatic rings. The van der Waals surface area contributed by atoms with Crippen molar-refractivity contribution in [2.45, 2.75) is 37.3 Å². The highest BCUT2D eigenvalue weighted by Crippen LogP contribution is 2.50. The molecule has 3 aromatic rings. The van der Waals surface area contributed by atoms with Crippen molar-refractivity contribution in [3.8, 4) is 5.75 Å². The second kappa shape index (κ2) is 9.00. The predicted octanol–water partition coefficient (Wildman–Crippen LogP) is 6.78. The van der Waals surface area contributed by atoms with Crippen molar-refractivity contribution >= 4 is 22.4 Å². The van der Waals surface area contributed by atoms with E-state index in [2.05, 4.69) is 4.74 Å². The number of rotatable bonds is 6. The third-order valence-corrected chi connectivity index (χ3v) is 6.86. The van der Waals surface area contributed by atoms with Gasteiger partial charge in [0.2, 0.25) is 0 Å². The van der Waals surface area contributed by atoms with Gasteiger partial charge in [-0.2, -0.15) is 8.78 Å². The van der Waals surface area contributed by atoms with E-state index >= 15 is 0 Å². The molecule has 0 radical (unpaired) electrons. The van der Waals surface area contributed by atoms with Crippen LogP contribution in [-0.4, -0.2) is 31.9 Å². The fourth-order valence-electron chi connectivity index (χ4n) is 4.53. The van der Waals surface area contributed by atoms with Crippen molar-refractivity contribution in [1.29, 1.82) is 0 Å². The normalized spacial score (nSPS) is 23.6. The molecule has 0 unspecified atom stereocenters. The molecule has 2 bridgehead atoms. The molecule has 0 atom stereocenters. The summed E-state index contributed by atoms with van der Waals surface area (Å²) in [6.45, 7) is 0.456. The Morgan fingerprint density at radius 2 is 1.49 bits per heavy atom. The first-order valence-corrected chi connectivity index (χ1v) is 11.5. The quantitative estimate of drug-likeness (QED) is 0.250. The van der Waals surface area contributed by atoms with Crippen LogP contribution in [0.1, 0.15) is 24.5 Å². The Hall–Kier alpha value is -2.60. The lowest BCUT2D eigenvalue weighted by Gasteiger charge is -2.53. The Labute approximate surface area is 210 Å². The van der Waals surface area contributed by atoms with Gasteiger partial charge in [-0.1, -0.05) is 37.1 Å². The summed E-state index contributed by atoms with van der Waals surface area (Å²) < 4.78 is 120. The van der Waals surface area contributed by atoms with Crippen molar-refractivity contribution in [3.63, 3.8) is 0 Å². The minimum atomic E-state index is -4.44. The Morgan fingerprint density at radius 3 is 2.05 bits per heavy atom. The number of alkyl halides is 2. The van der Waals surface area contributed by atoms with Gasteiger partial charge in [-0.15, -0.1) is 0 Å². The first-order chi connectivity index (χ1) is 17.4. The maximum absolute atomic E-state index is 15.0. The molecule has 0 aliphatic carbocycles. The number of hydrogen-bond acceptors (Lipinski definition) is 4. The summed E-state index contributed by atoms with van der Waals surface area (Å²) in [6, 6.07) is 5.02. The average molecular weight is 551 g/mol. The van der Waals surface area contributed by atoms with E-state index < -0.39 is 72.2 Å². The molecule has 0 amide bonds. The van der Waals surface area contributed by atoms with Crippen molar-refractivity contribution in [3.05, 3.63) is 75.6 Å². The molecule has 4 nitrogen and oxygen atoms in total. The van der Waals surface area contributed by atoms with Gasteiger partial charge in [-0.25, -0.2) is 22.0 Å². The van der Waals surface area contributed by atoms with Crippen LogP contribution in [0.3, 0.4) is 0 Å². The highest BCUT2D eigenvalue weighted by molar-refractivity contribution is 6.36. The number of aryl methyl sites for hydroxylation is 1. The molecule has 0 spiro atoms. The topological polar surface area (TPSA) is 36.9 Å². The van der Waals surface area contributed by atoms with Crippen LogP contribution in [0, 0.1) is 29.1 Å². The lowest BCUT2D eigenvalue weighted by molar-refractivity contribution is -0.539. The Morgan fingerprint density at radius 1 is 0.892 bits per heavy atom. The van der Waals surface area contributed by atoms with Crippen LogP contribution in [0.5, 0.6) is 5.75 Å². The van der Waals surface area contributed by atoms with Crippen LogP contribution in [0.4, 0.5) is 30.7 Å². The molecule has 3 aromatic carbocycles. The van der Waals surface area contributed by atoms with Gasteiger partial charge in [0.15, 0.2) is 29.1 Å². The van der Waals surface area contributed by atoms with E-state index in [1.807, 2.05) is 6.92 Å². The van der Waals surface area contributed by atoms with Crippen LogP contribution in [-0.2, 0) is 26.0 Å². The van der Waals surface area contributed by atoms with E-state index in [-0.39, 0.29) is 33.7 Å². The molecule has 3 saturated heterocycles. The van der Waals surface area contributed by atoms with Gasteiger partial charge in [0, 0.05) is 17.5 Å². The highest BCUT2D eigenvalue weighted by atomic mass is 35.5. The number of halogens is 8. The molecule has 0 aromatic heterocycles. The van der Waals surface area contributed by atoms with E-state index in [1.165, 1.54) is 18.2 Å². The third-order valence-electron chi connectivity index (χ3n) is 6.46. The molecule has 37 heavy (non-hydrogen) atoms. The van der Waals surface area contributed by atoms with E-state index in [4.69, 9.17) is 25.8 Å². The lowest BCUT2D eigenvalue weighted by Crippen LogP contribution is -2.70. The van der Waals surface area contributed by atoms with Crippen molar-refractivity contribution in [1.82, 2.24) is 0 Å². The van der Waals surface area contributed by atoms with E-state index in [9.17, 15) is 30.7 Å². The van der Waals surface area contributed by atoms with Gasteiger partial charge in [0.05, 0.1) is 30.3 Å². The van der Waals surface area contributed by atoms with Crippen LogP contribution in [0.25, 0.3) is 10.8 Å². The van der Waals surface area contributed by atoms with Crippen LogP contribution >= 0.6 is 11.6 Å². The summed E-state index contributed by atoms with van der Waals surface area (Å²) in [5.74, 6) is -11.6. The highest BCUT2D eigenvalue weighted by Gasteiger charge is 2.69. The van der Waals surface area contributed by atoms with Gasteiger partial charge in [-0.3, -0.25) is 0 Å². The van der Waals surface area contributed by atoms with Crippen LogP contribution in [0.2, 0.25) is 5.02 Å². The zero-order valence-corrected chi connectivity index (χ0v) is 19.8. The average Bonchev–Trinajstić information content (AvgIpc) is 2.86. The Balaban J connectivity index is 1.44. The van der Waals surface area contributed by atoms with Gasteiger partial charge in [0.25, 0.3) is 0 Å². The van der Waals surface area contributed by atoms with Gasteiger partial charge in [0.1, 0.15) is 5.75 Å². The smallest absolute Gasteiger partial charge is 0.426 e. The minimum Gasteiger partial charge on any atom is -0.426 e. The summed E-state index contributed by atoms with van der Waals surface area (Å²) >= 11 is 6.49. The Kier molecular flexibility index (Phi) is 6.33. The van der Waals surface area contributed by atoms with Crippen molar-refractivity contribution in [2.75, 3.05) is 19.8 Å². The second-order valence-corrected chi connectivity index (χ2v) is 9.34. The van der Waals surface area contributed by atoms with Gasteiger partial charge in [-0.05, 0) is 29.0 Å². The van der Waals surface area contributed by atoms with E-state index in [0.717, 1.165) is 0 Å². The largest absolute Gasteiger partial charge is 0.484 e. The first-order valence-electron chi connectivity index (χ1n) is 11.2. The molecule has 12 heteroatoms. The van der Waals surface area contributed by atoms with Crippen molar-refractivity contribution < 1.29 is 49.7 Å². The second-order valence-electron chi connectivity index (χ2n) is 8.96. The summed E-state index contributed by atoms with van der Waals surface area (Å²) in [5, 5.41) is 0.0275. The molecule has 198 valence electrons. The standard InChI is InChI=1S/C25H18ClF7O4/c1-2-3-13-6-12-4-5-15(19(26)18(12)22(31)20(13)29)23-9-34-25(35-10-23,36-11-23)24(32,33)37-14-7-16(27)21(30)17(28)8-14/h4-8H,2-3,9-11H2,1H3. The molecule has 3 heterocycles. The van der Waals surface area contributed by atoms with Gasteiger partial charge >= 0.3 is 12.1 Å². The third kappa shape index (κ3) is 4.03. The maximum atomic E-state index is 15.0. The predicted molar refractivity (Wildman–Crippen MR) is 117 cm³/mol. The molecular weight excluding hydrogens is 533 g/mol.